The number of hydrogen-bond acceptors (Lipinski definition) is 4. The zero-order valence-corrected chi connectivity index (χ0v) is 17.6. The number of hydrogen-bond donors (Lipinski definition) is 1. The van der Waals surface area contributed by atoms with E-state index < -0.39 is 17.3 Å². The minimum Gasteiger partial charge on any atom is -0.496 e. The Balaban J connectivity index is 1.69. The van der Waals surface area contributed by atoms with Crippen molar-refractivity contribution in [2.75, 3.05) is 33.3 Å². The molecule has 2 aromatic rings. The number of methoxy groups -OCH3 is 1. The zero-order valence-electron chi connectivity index (χ0n) is 17.6. The van der Waals surface area contributed by atoms with Crippen molar-refractivity contribution in [2.45, 2.75) is 37.4 Å². The van der Waals surface area contributed by atoms with Gasteiger partial charge in [0.25, 0.3) is 0 Å². The van der Waals surface area contributed by atoms with Crippen molar-refractivity contribution in [3.63, 3.8) is 0 Å². The molecule has 7 heteroatoms. The second kappa shape index (κ2) is 8.63. The zero-order chi connectivity index (χ0) is 22.1. The monoisotopic (exact) mass is 432 g/mol. The Kier molecular flexibility index (Phi) is 6.08. The number of benzene rings is 2. The van der Waals surface area contributed by atoms with Crippen LogP contribution in [0, 0.1) is 0 Å². The first kappa shape index (κ1) is 21.8. The lowest BCUT2D eigenvalue weighted by molar-refractivity contribution is -0.137. The summed E-state index contributed by atoms with van der Waals surface area (Å²) in [4.78, 5) is 16.1. The van der Waals surface area contributed by atoms with Gasteiger partial charge >= 0.3 is 6.18 Å². The van der Waals surface area contributed by atoms with Crippen LogP contribution in [-0.2, 0) is 29.4 Å². The summed E-state index contributed by atoms with van der Waals surface area (Å²) in [6.07, 6.45) is -1.35. The van der Waals surface area contributed by atoms with Gasteiger partial charge < -0.3 is 9.64 Å². The van der Waals surface area contributed by atoms with E-state index in [1.807, 2.05) is 18.2 Å². The van der Waals surface area contributed by atoms with Crippen molar-refractivity contribution in [1.29, 1.82) is 0 Å². The first-order valence-corrected chi connectivity index (χ1v) is 10.7. The molecule has 2 aliphatic rings. The van der Waals surface area contributed by atoms with E-state index in [1.165, 1.54) is 12.1 Å². The average molecular weight is 432 g/mol. The lowest BCUT2D eigenvalue weighted by atomic mass is 9.76. The van der Waals surface area contributed by atoms with Crippen LogP contribution in [0.3, 0.4) is 0 Å². The molecule has 31 heavy (non-hydrogen) atoms. The summed E-state index contributed by atoms with van der Waals surface area (Å²) in [5.41, 5.74) is 0.914. The van der Waals surface area contributed by atoms with Crippen LogP contribution in [-0.4, -0.2) is 44.0 Å². The highest BCUT2D eigenvalue weighted by Gasteiger charge is 2.45. The van der Waals surface area contributed by atoms with Gasteiger partial charge in [-0.2, -0.15) is 13.2 Å². The van der Waals surface area contributed by atoms with Crippen molar-refractivity contribution < 1.29 is 22.7 Å². The largest absolute Gasteiger partial charge is 0.496 e. The maximum Gasteiger partial charge on any atom is 0.416 e. The molecule has 4 rings (SSSR count). The van der Waals surface area contributed by atoms with E-state index in [9.17, 15) is 18.0 Å². The lowest BCUT2D eigenvalue weighted by Gasteiger charge is -2.42. The normalized spacial score (nSPS) is 21.7. The van der Waals surface area contributed by atoms with E-state index in [0.29, 0.717) is 18.7 Å². The number of ether oxygens (including phenoxy) is 1. The molecule has 0 amide bonds. The topological polar surface area (TPSA) is 41.6 Å². The lowest BCUT2D eigenvalue weighted by Crippen LogP contribution is -2.59. The van der Waals surface area contributed by atoms with Crippen LogP contribution in [0.4, 0.5) is 13.2 Å². The molecule has 1 unspecified atom stereocenters. The van der Waals surface area contributed by atoms with Crippen LogP contribution < -0.4 is 10.1 Å². The van der Waals surface area contributed by atoms with Crippen LogP contribution in [0.2, 0.25) is 0 Å². The molecule has 0 bridgehead atoms. The molecule has 1 fully saturated rings. The number of alkyl halides is 3. The number of halogens is 3. The van der Waals surface area contributed by atoms with E-state index in [2.05, 4.69) is 10.2 Å². The number of likely N-dealkylation sites (tertiary alicyclic amines) is 1. The average Bonchev–Trinajstić information content (AvgIpc) is 3.26. The summed E-state index contributed by atoms with van der Waals surface area (Å²) < 4.78 is 44.3. The molecule has 1 saturated heterocycles. The Labute approximate surface area is 180 Å². The summed E-state index contributed by atoms with van der Waals surface area (Å²) in [7, 11) is 1.63. The molecule has 1 N–H and O–H groups in total. The van der Waals surface area contributed by atoms with Crippen molar-refractivity contribution in [3.8, 4) is 5.75 Å². The highest BCUT2D eigenvalue weighted by molar-refractivity contribution is 5.92. The number of ketones is 1. The molecule has 1 atom stereocenters. The molecule has 0 radical (unpaired) electrons. The minimum atomic E-state index is -4.39. The van der Waals surface area contributed by atoms with E-state index in [0.717, 1.165) is 61.4 Å². The van der Waals surface area contributed by atoms with Gasteiger partial charge in [-0.15, -0.1) is 0 Å². The molecule has 2 heterocycles. The smallest absolute Gasteiger partial charge is 0.416 e. The fourth-order valence-corrected chi connectivity index (χ4v) is 4.81. The predicted octanol–water partition coefficient (Wildman–Crippen LogP) is 3.96. The van der Waals surface area contributed by atoms with Crippen molar-refractivity contribution >= 4 is 5.78 Å². The highest BCUT2D eigenvalue weighted by atomic mass is 19.4. The number of Topliss-reactive ketones (excluding diaryl/α,β-unsaturated/α-hetero) is 1. The van der Waals surface area contributed by atoms with Crippen molar-refractivity contribution in [3.05, 3.63) is 64.7 Å². The van der Waals surface area contributed by atoms with Gasteiger partial charge in [-0.1, -0.05) is 24.3 Å². The number of nitrogens with zero attached hydrogens (tertiary/aromatic N) is 1. The van der Waals surface area contributed by atoms with E-state index in [1.54, 1.807) is 7.11 Å². The molecular weight excluding hydrogens is 405 g/mol. The third-order valence-corrected chi connectivity index (χ3v) is 6.40. The summed E-state index contributed by atoms with van der Waals surface area (Å²) in [5, 5.41) is 3.50. The molecule has 166 valence electrons. The Morgan fingerprint density at radius 3 is 2.48 bits per heavy atom. The first-order valence-electron chi connectivity index (χ1n) is 10.7. The standard InChI is InChI=1S/C24H27F3N2O2/c1-31-21-6-4-5-20-19(21)11-12-28-23(20,16-29-13-2-3-14-29)22(30)15-17-7-9-18(10-8-17)24(25,26)27/h4-10,28H,2-3,11-16H2,1H3. The van der Waals surface area contributed by atoms with Gasteiger partial charge in [0.05, 0.1) is 12.7 Å². The number of carbonyl (C=O) groups is 1. The van der Waals surface area contributed by atoms with E-state index in [-0.39, 0.29) is 12.2 Å². The molecule has 0 spiro atoms. The number of fused-ring (bicyclic) bond motifs is 1. The first-order chi connectivity index (χ1) is 14.8. The van der Waals surface area contributed by atoms with E-state index in [4.69, 9.17) is 4.74 Å². The Bertz CT molecular complexity index is 937. The van der Waals surface area contributed by atoms with Crippen molar-refractivity contribution in [1.82, 2.24) is 10.2 Å². The molecule has 4 nitrogen and oxygen atoms in total. The van der Waals surface area contributed by atoms with Crippen LogP contribution in [0.5, 0.6) is 5.75 Å². The molecule has 0 saturated carbocycles. The second-order valence-electron chi connectivity index (χ2n) is 8.35. The Morgan fingerprint density at radius 1 is 1.13 bits per heavy atom. The van der Waals surface area contributed by atoms with Gasteiger partial charge in [0.2, 0.25) is 0 Å². The van der Waals surface area contributed by atoms with Gasteiger partial charge in [-0.05, 0) is 61.7 Å². The molecule has 0 aromatic heterocycles. The predicted molar refractivity (Wildman–Crippen MR) is 112 cm³/mol. The molecule has 0 aliphatic carbocycles. The Morgan fingerprint density at radius 2 is 1.84 bits per heavy atom. The fraction of sp³-hybridized carbons (Fsp3) is 0.458. The number of rotatable bonds is 6. The number of nitrogens with one attached hydrogen (secondary N) is 1. The molecular formula is C24H27F3N2O2. The highest BCUT2D eigenvalue weighted by Crippen LogP contribution is 2.37. The van der Waals surface area contributed by atoms with Gasteiger partial charge in [-0.25, -0.2) is 0 Å². The van der Waals surface area contributed by atoms with Crippen LogP contribution in [0.15, 0.2) is 42.5 Å². The maximum absolute atomic E-state index is 13.8. The molecule has 2 aliphatic heterocycles. The van der Waals surface area contributed by atoms with Gasteiger partial charge in [0.15, 0.2) is 5.78 Å². The van der Waals surface area contributed by atoms with Crippen molar-refractivity contribution in [2.24, 2.45) is 0 Å². The Hall–Kier alpha value is -2.38. The van der Waals surface area contributed by atoms with Gasteiger partial charge in [0.1, 0.15) is 11.3 Å². The maximum atomic E-state index is 13.8. The third kappa shape index (κ3) is 4.34. The van der Waals surface area contributed by atoms with Crippen LogP contribution >= 0.6 is 0 Å². The van der Waals surface area contributed by atoms with E-state index >= 15 is 0 Å². The molecule has 2 aromatic carbocycles. The minimum absolute atomic E-state index is 0.0339. The number of carbonyl (C=O) groups excluding carboxylic acids is 1. The summed E-state index contributed by atoms with van der Waals surface area (Å²) in [5.74, 6) is 0.737. The summed E-state index contributed by atoms with van der Waals surface area (Å²) in [6, 6.07) is 10.7. The van der Waals surface area contributed by atoms with Gasteiger partial charge in [-0.3, -0.25) is 10.1 Å². The third-order valence-electron chi connectivity index (χ3n) is 6.40. The second-order valence-corrected chi connectivity index (χ2v) is 8.35. The summed E-state index contributed by atoms with van der Waals surface area (Å²) >= 11 is 0. The SMILES string of the molecule is COc1cccc2c1CCNC2(CN1CCCC1)C(=O)Cc1ccc(C(F)(F)F)cc1. The van der Waals surface area contributed by atoms with Crippen LogP contribution in [0.1, 0.15) is 35.1 Å². The van der Waals surface area contributed by atoms with Crippen LogP contribution in [0.25, 0.3) is 0 Å². The quantitative estimate of drug-likeness (QED) is 0.750. The van der Waals surface area contributed by atoms with Gasteiger partial charge in [0, 0.05) is 25.1 Å². The fourth-order valence-electron chi connectivity index (χ4n) is 4.81. The summed E-state index contributed by atoms with van der Waals surface area (Å²) in [6.45, 7) is 3.07.